The van der Waals surface area contributed by atoms with Crippen molar-refractivity contribution in [2.75, 3.05) is 13.1 Å². The van der Waals surface area contributed by atoms with Crippen LogP contribution < -0.4 is 10.3 Å². The highest BCUT2D eigenvalue weighted by Crippen LogP contribution is 2.27. The average molecular weight is 422 g/mol. The van der Waals surface area contributed by atoms with Crippen LogP contribution in [0.15, 0.2) is 59.5 Å². The summed E-state index contributed by atoms with van der Waals surface area (Å²) in [4.78, 5) is 38.4. The molecule has 8 heteroatoms. The lowest BCUT2D eigenvalue weighted by molar-refractivity contribution is -0.139. The molecule has 0 bridgehead atoms. The van der Waals surface area contributed by atoms with E-state index in [4.69, 9.17) is 4.74 Å². The van der Waals surface area contributed by atoms with Gasteiger partial charge in [0.1, 0.15) is 17.4 Å². The van der Waals surface area contributed by atoms with E-state index in [1.165, 1.54) is 18.2 Å². The number of carbonyl (C=O) groups excluding carboxylic acids is 1. The van der Waals surface area contributed by atoms with Crippen LogP contribution in [0.5, 0.6) is 5.75 Å². The van der Waals surface area contributed by atoms with Gasteiger partial charge in [0.15, 0.2) is 6.10 Å². The Morgan fingerprint density at radius 2 is 1.97 bits per heavy atom. The van der Waals surface area contributed by atoms with E-state index >= 15 is 0 Å². The van der Waals surface area contributed by atoms with E-state index in [1.807, 2.05) is 18.2 Å². The smallest absolute Gasteiger partial charge is 0.263 e. The highest BCUT2D eigenvalue weighted by atomic mass is 19.1. The molecule has 7 nitrogen and oxygen atoms in total. The number of nitrogens with one attached hydrogen (secondary N) is 1. The maximum absolute atomic E-state index is 13.3. The fourth-order valence-electron chi connectivity index (χ4n) is 3.74. The second-order valence-corrected chi connectivity index (χ2v) is 7.55. The summed E-state index contributed by atoms with van der Waals surface area (Å²) in [7, 11) is 0. The third-order valence-electron chi connectivity index (χ3n) is 5.34. The fraction of sp³-hybridized carbons (Fsp3) is 0.304. The number of carbonyl (C=O) groups is 1. The van der Waals surface area contributed by atoms with Gasteiger partial charge in [0.25, 0.3) is 11.5 Å². The number of rotatable bonds is 5. The lowest BCUT2D eigenvalue weighted by atomic mass is 9.95. The number of hydrogen-bond donors (Lipinski definition) is 1. The number of hydrogen-bond acceptors (Lipinski definition) is 5. The largest absolute Gasteiger partial charge is 0.481 e. The topological polar surface area (TPSA) is 88.2 Å². The Hall–Kier alpha value is -3.55. The molecule has 1 fully saturated rings. The van der Waals surface area contributed by atoms with Gasteiger partial charge in [-0.2, -0.15) is 0 Å². The summed E-state index contributed by atoms with van der Waals surface area (Å²) >= 11 is 0. The van der Waals surface area contributed by atoms with Crippen molar-refractivity contribution in [2.45, 2.75) is 31.8 Å². The monoisotopic (exact) mass is 422 g/mol. The molecule has 1 aliphatic heterocycles. The van der Waals surface area contributed by atoms with Crippen LogP contribution in [0, 0.1) is 5.82 Å². The minimum Gasteiger partial charge on any atom is -0.481 e. The van der Waals surface area contributed by atoms with E-state index in [-0.39, 0.29) is 17.4 Å². The molecular formula is C23H23FN4O3. The number of likely N-dealkylation sites (tertiary alicyclic amines) is 1. The van der Waals surface area contributed by atoms with Crippen molar-refractivity contribution in [3.63, 3.8) is 0 Å². The quantitative estimate of drug-likeness (QED) is 0.683. The second-order valence-electron chi connectivity index (χ2n) is 7.55. The number of halogens is 1. The van der Waals surface area contributed by atoms with Crippen molar-refractivity contribution < 1.29 is 13.9 Å². The molecule has 4 rings (SSSR count). The molecule has 1 N–H and O–H groups in total. The predicted molar refractivity (Wildman–Crippen MR) is 113 cm³/mol. The van der Waals surface area contributed by atoms with Crippen molar-refractivity contribution in [2.24, 2.45) is 0 Å². The van der Waals surface area contributed by atoms with Crippen molar-refractivity contribution >= 4 is 5.91 Å². The van der Waals surface area contributed by atoms with E-state index in [1.54, 1.807) is 30.2 Å². The third-order valence-corrected chi connectivity index (χ3v) is 5.34. The normalized spacial score (nSPS) is 15.5. The van der Waals surface area contributed by atoms with Crippen LogP contribution in [0.1, 0.15) is 31.5 Å². The minimum absolute atomic E-state index is 0.0415. The molecule has 0 radical (unpaired) electrons. The van der Waals surface area contributed by atoms with Gasteiger partial charge in [-0.1, -0.05) is 12.1 Å². The summed E-state index contributed by atoms with van der Waals surface area (Å²) < 4.78 is 18.9. The number of piperidine rings is 1. The number of ether oxygens (including phenoxy) is 1. The Labute approximate surface area is 178 Å². The number of H-pyrrole nitrogens is 1. The van der Waals surface area contributed by atoms with Crippen LogP contribution in [0.4, 0.5) is 4.39 Å². The van der Waals surface area contributed by atoms with Crippen LogP contribution >= 0.6 is 0 Å². The SMILES string of the molecule is CC(Oc1cccc(F)c1)C(=O)N1CCC(c2nc(-c3ccccn3)cc(=O)[nH]2)CC1. The molecule has 1 amide bonds. The Morgan fingerprint density at radius 3 is 2.68 bits per heavy atom. The van der Waals surface area contributed by atoms with Gasteiger partial charge in [0.2, 0.25) is 0 Å². The molecule has 1 unspecified atom stereocenters. The maximum Gasteiger partial charge on any atom is 0.263 e. The van der Waals surface area contributed by atoms with Crippen LogP contribution in [-0.4, -0.2) is 45.0 Å². The average Bonchev–Trinajstić information content (AvgIpc) is 2.79. The molecular weight excluding hydrogens is 399 g/mol. The third kappa shape index (κ3) is 4.96. The molecule has 0 saturated carbocycles. The zero-order valence-corrected chi connectivity index (χ0v) is 17.1. The zero-order valence-electron chi connectivity index (χ0n) is 17.1. The van der Waals surface area contributed by atoms with Gasteiger partial charge in [0, 0.05) is 37.3 Å². The van der Waals surface area contributed by atoms with E-state index in [9.17, 15) is 14.0 Å². The number of pyridine rings is 1. The molecule has 0 aliphatic carbocycles. The highest BCUT2D eigenvalue weighted by Gasteiger charge is 2.29. The first-order valence-electron chi connectivity index (χ1n) is 10.2. The standard InChI is InChI=1S/C23H23FN4O3/c1-15(31-18-6-4-5-17(24)13-18)23(30)28-11-8-16(9-12-28)22-26-20(14-21(29)27-22)19-7-2-3-10-25-19/h2-7,10,13-16H,8-9,11-12H2,1H3,(H,26,27,29). The Morgan fingerprint density at radius 1 is 1.16 bits per heavy atom. The van der Waals surface area contributed by atoms with Crippen molar-refractivity contribution in [1.82, 2.24) is 19.9 Å². The number of amides is 1. The molecule has 1 aliphatic rings. The summed E-state index contributed by atoms with van der Waals surface area (Å²) in [6.07, 6.45) is 2.29. The molecule has 1 atom stereocenters. The van der Waals surface area contributed by atoms with E-state index < -0.39 is 11.9 Å². The molecule has 160 valence electrons. The number of nitrogens with zero attached hydrogens (tertiary/aromatic N) is 3. The van der Waals surface area contributed by atoms with Crippen LogP contribution in [-0.2, 0) is 4.79 Å². The summed E-state index contributed by atoms with van der Waals surface area (Å²) in [5.74, 6) is 0.423. The summed E-state index contributed by atoms with van der Waals surface area (Å²) in [5, 5.41) is 0. The number of aromatic amines is 1. The first-order valence-corrected chi connectivity index (χ1v) is 10.2. The van der Waals surface area contributed by atoms with Gasteiger partial charge in [-0.25, -0.2) is 9.37 Å². The summed E-state index contributed by atoms with van der Waals surface area (Å²) in [5.41, 5.74) is 0.960. The van der Waals surface area contributed by atoms with Crippen molar-refractivity contribution in [3.05, 3.63) is 76.7 Å². The fourth-order valence-corrected chi connectivity index (χ4v) is 3.74. The van der Waals surface area contributed by atoms with E-state index in [0.29, 0.717) is 48.9 Å². The lowest BCUT2D eigenvalue weighted by Gasteiger charge is -2.33. The minimum atomic E-state index is -0.719. The highest BCUT2D eigenvalue weighted by molar-refractivity contribution is 5.81. The Kier molecular flexibility index (Phi) is 6.06. The Bertz CT molecular complexity index is 1110. The predicted octanol–water partition coefficient (Wildman–Crippen LogP) is 3.14. The molecule has 0 spiro atoms. The summed E-state index contributed by atoms with van der Waals surface area (Å²) in [6, 6.07) is 12.7. The second kappa shape index (κ2) is 9.07. The van der Waals surface area contributed by atoms with Crippen LogP contribution in [0.2, 0.25) is 0 Å². The molecule has 3 aromatic rings. The van der Waals surface area contributed by atoms with E-state index in [0.717, 1.165) is 0 Å². The summed E-state index contributed by atoms with van der Waals surface area (Å²) in [6.45, 7) is 2.71. The first kappa shape index (κ1) is 20.7. The Balaban J connectivity index is 1.40. The van der Waals surface area contributed by atoms with Crippen LogP contribution in [0.25, 0.3) is 11.4 Å². The van der Waals surface area contributed by atoms with Gasteiger partial charge in [-0.3, -0.25) is 14.6 Å². The molecule has 2 aromatic heterocycles. The molecule has 31 heavy (non-hydrogen) atoms. The maximum atomic E-state index is 13.3. The first-order chi connectivity index (χ1) is 15.0. The molecule has 3 heterocycles. The van der Waals surface area contributed by atoms with Gasteiger partial charge in [-0.15, -0.1) is 0 Å². The zero-order chi connectivity index (χ0) is 21.8. The van der Waals surface area contributed by atoms with E-state index in [2.05, 4.69) is 15.0 Å². The number of benzene rings is 1. The van der Waals surface area contributed by atoms with Gasteiger partial charge in [-0.05, 0) is 44.0 Å². The number of aromatic nitrogens is 3. The lowest BCUT2D eigenvalue weighted by Crippen LogP contribution is -2.44. The van der Waals surface area contributed by atoms with Gasteiger partial charge in [0.05, 0.1) is 11.4 Å². The van der Waals surface area contributed by atoms with Gasteiger partial charge < -0.3 is 14.6 Å². The van der Waals surface area contributed by atoms with Crippen LogP contribution in [0.3, 0.4) is 0 Å². The van der Waals surface area contributed by atoms with Crippen molar-refractivity contribution in [1.29, 1.82) is 0 Å². The molecule has 1 saturated heterocycles. The van der Waals surface area contributed by atoms with Gasteiger partial charge >= 0.3 is 0 Å². The van der Waals surface area contributed by atoms with Crippen molar-refractivity contribution in [3.8, 4) is 17.1 Å². The molecule has 1 aromatic carbocycles.